The van der Waals surface area contributed by atoms with Gasteiger partial charge in [-0.2, -0.15) is 5.01 Å². The lowest BCUT2D eigenvalue weighted by molar-refractivity contribution is -0.138. The molecule has 2 amide bonds. The fraction of sp³-hybridized carbons (Fsp3) is 0.615. The molecule has 0 aromatic rings. The molecule has 1 unspecified atom stereocenters. The number of hydrogen-bond donors (Lipinski definition) is 0. The van der Waals surface area contributed by atoms with E-state index in [0.29, 0.717) is 5.70 Å². The van der Waals surface area contributed by atoms with Crippen molar-refractivity contribution < 1.29 is 28.6 Å². The highest BCUT2D eigenvalue weighted by Gasteiger charge is 2.48. The Morgan fingerprint density at radius 2 is 1.52 bits per heavy atom. The number of hydrazine groups is 1. The lowest BCUT2D eigenvalue weighted by Crippen LogP contribution is -2.65. The number of esters is 1. The quantitative estimate of drug-likeness (QED) is 0.446. The third kappa shape index (κ3) is 3.65. The maximum Gasteiger partial charge on any atom is 0.433 e. The summed E-state index contributed by atoms with van der Waals surface area (Å²) in [6.07, 6.45) is -0.265. The molecule has 21 heavy (non-hydrogen) atoms. The summed E-state index contributed by atoms with van der Waals surface area (Å²) in [6.45, 7) is 7.18. The van der Waals surface area contributed by atoms with Crippen LogP contribution in [0.2, 0.25) is 0 Å². The maximum atomic E-state index is 11.9. The summed E-state index contributed by atoms with van der Waals surface area (Å²) in [7, 11) is 0. The summed E-state index contributed by atoms with van der Waals surface area (Å²) in [5.41, 5.74) is 0.319. The average molecular weight is 300 g/mol. The molecule has 0 radical (unpaired) electrons. The van der Waals surface area contributed by atoms with Gasteiger partial charge in [0.1, 0.15) is 0 Å². The van der Waals surface area contributed by atoms with Gasteiger partial charge in [0.05, 0.1) is 31.6 Å². The Morgan fingerprint density at radius 3 is 2.05 bits per heavy atom. The number of nitrogens with zero attached hydrogens (tertiary/aromatic N) is 2. The minimum atomic E-state index is -0.751. The molecule has 8 nitrogen and oxygen atoms in total. The largest absolute Gasteiger partial charge is 0.463 e. The molecule has 0 bridgehead atoms. The van der Waals surface area contributed by atoms with Crippen LogP contribution in [0, 0.1) is 0 Å². The van der Waals surface area contributed by atoms with Crippen LogP contribution >= 0.6 is 0 Å². The molecule has 1 heterocycles. The van der Waals surface area contributed by atoms with E-state index in [1.807, 2.05) is 0 Å². The lowest BCUT2D eigenvalue weighted by Gasteiger charge is -2.48. The van der Waals surface area contributed by atoms with Crippen molar-refractivity contribution in [3.63, 3.8) is 0 Å². The van der Waals surface area contributed by atoms with Gasteiger partial charge < -0.3 is 14.2 Å². The molecule has 0 saturated carbocycles. The van der Waals surface area contributed by atoms with Gasteiger partial charge in [-0.1, -0.05) is 0 Å². The summed E-state index contributed by atoms with van der Waals surface area (Å²) >= 11 is 0. The van der Waals surface area contributed by atoms with E-state index < -0.39 is 24.2 Å². The summed E-state index contributed by atoms with van der Waals surface area (Å²) in [5, 5.41) is 2.07. The van der Waals surface area contributed by atoms with Crippen LogP contribution in [-0.4, -0.2) is 54.0 Å². The molecule has 1 atom stereocenters. The molecule has 118 valence electrons. The van der Waals surface area contributed by atoms with E-state index in [1.165, 1.54) is 6.08 Å². The fourth-order valence-corrected chi connectivity index (χ4v) is 1.84. The number of rotatable bonds is 4. The molecule has 1 aliphatic heterocycles. The van der Waals surface area contributed by atoms with Gasteiger partial charge in [-0.05, 0) is 27.7 Å². The zero-order valence-corrected chi connectivity index (χ0v) is 12.6. The summed E-state index contributed by atoms with van der Waals surface area (Å²) < 4.78 is 14.5. The van der Waals surface area contributed by atoms with Gasteiger partial charge in [0, 0.05) is 6.08 Å². The molecule has 8 heteroatoms. The molecule has 0 aromatic heterocycles. The van der Waals surface area contributed by atoms with E-state index in [9.17, 15) is 14.4 Å². The van der Waals surface area contributed by atoms with Gasteiger partial charge in [-0.15, -0.1) is 0 Å². The number of carbonyl (C=O) groups is 3. The van der Waals surface area contributed by atoms with Gasteiger partial charge >= 0.3 is 18.2 Å². The number of amides is 2. The topological polar surface area (TPSA) is 85.4 Å². The van der Waals surface area contributed by atoms with Crippen molar-refractivity contribution in [2.45, 2.75) is 33.7 Å². The Hall–Kier alpha value is -2.25. The Bertz CT molecular complexity index is 448. The first kappa shape index (κ1) is 16.8. The van der Waals surface area contributed by atoms with Crippen molar-refractivity contribution in [2.75, 3.05) is 19.8 Å². The second-order valence-corrected chi connectivity index (χ2v) is 4.05. The minimum Gasteiger partial charge on any atom is -0.463 e. The van der Waals surface area contributed by atoms with Crippen molar-refractivity contribution >= 4 is 18.2 Å². The number of hydrogen-bond acceptors (Lipinski definition) is 6. The molecule has 0 aliphatic carbocycles. The van der Waals surface area contributed by atoms with E-state index in [1.54, 1.807) is 27.7 Å². The second-order valence-electron chi connectivity index (χ2n) is 4.05. The molecule has 0 aromatic carbocycles. The molecular formula is C13H20N2O6. The molecule has 0 N–H and O–H groups in total. The third-order valence-electron chi connectivity index (χ3n) is 2.70. The average Bonchev–Trinajstić information content (AvgIpc) is 2.42. The van der Waals surface area contributed by atoms with Gasteiger partial charge in [0.2, 0.25) is 0 Å². The predicted octanol–water partition coefficient (Wildman–Crippen LogP) is 1.67. The van der Waals surface area contributed by atoms with Crippen LogP contribution in [-0.2, 0) is 19.0 Å². The van der Waals surface area contributed by atoms with E-state index in [4.69, 9.17) is 14.2 Å². The van der Waals surface area contributed by atoms with Gasteiger partial charge in [0.15, 0.2) is 0 Å². The van der Waals surface area contributed by atoms with E-state index in [0.717, 1.165) is 10.0 Å². The first-order chi connectivity index (χ1) is 9.97. The third-order valence-corrected chi connectivity index (χ3v) is 2.70. The fourth-order valence-electron chi connectivity index (χ4n) is 1.84. The standard InChI is InChI=1S/C13H20N2O6/c1-5-19-11(16)8-10-9(4)14(12(17)20-6-2)15(10)13(18)21-7-3/h8-9H,5-7H2,1-4H3/b10-8-. The molecule has 1 fully saturated rings. The zero-order valence-electron chi connectivity index (χ0n) is 12.6. The summed E-state index contributed by atoms with van der Waals surface area (Å²) in [4.78, 5) is 35.2. The SMILES string of the molecule is CCOC(=O)/C=C1/C(C)N(C(=O)OCC)N1C(=O)OCC. The van der Waals surface area contributed by atoms with Crippen molar-refractivity contribution in [1.29, 1.82) is 0 Å². The maximum absolute atomic E-state index is 11.9. The van der Waals surface area contributed by atoms with Crippen LogP contribution in [0.25, 0.3) is 0 Å². The van der Waals surface area contributed by atoms with Gasteiger partial charge in [-0.3, -0.25) is 0 Å². The molecule has 1 saturated heterocycles. The van der Waals surface area contributed by atoms with Crippen molar-refractivity contribution in [1.82, 2.24) is 10.0 Å². The van der Waals surface area contributed by atoms with Crippen molar-refractivity contribution in [3.8, 4) is 0 Å². The highest BCUT2D eigenvalue weighted by atomic mass is 16.6. The van der Waals surface area contributed by atoms with Crippen LogP contribution in [0.1, 0.15) is 27.7 Å². The highest BCUT2D eigenvalue weighted by Crippen LogP contribution is 2.31. The summed E-state index contributed by atoms with van der Waals surface area (Å²) in [5.74, 6) is -0.586. The van der Waals surface area contributed by atoms with Crippen LogP contribution in [0.3, 0.4) is 0 Å². The highest BCUT2D eigenvalue weighted by molar-refractivity contribution is 5.87. The monoisotopic (exact) mass is 300 g/mol. The minimum absolute atomic E-state index is 0.146. The molecule has 1 rings (SSSR count). The zero-order chi connectivity index (χ0) is 16.0. The Balaban J connectivity index is 2.95. The lowest BCUT2D eigenvalue weighted by atomic mass is 10.1. The number of carbonyl (C=O) groups excluding carboxylic acids is 3. The number of ether oxygens (including phenoxy) is 3. The first-order valence-electron chi connectivity index (χ1n) is 6.78. The van der Waals surface area contributed by atoms with E-state index >= 15 is 0 Å². The summed E-state index contributed by atoms with van der Waals surface area (Å²) in [6, 6.07) is -0.488. The van der Waals surface area contributed by atoms with Crippen LogP contribution < -0.4 is 0 Å². The molecular weight excluding hydrogens is 280 g/mol. The second kappa shape index (κ2) is 7.51. The van der Waals surface area contributed by atoms with Crippen molar-refractivity contribution in [2.24, 2.45) is 0 Å². The van der Waals surface area contributed by atoms with Gasteiger partial charge in [0.25, 0.3) is 0 Å². The van der Waals surface area contributed by atoms with Crippen LogP contribution in [0.5, 0.6) is 0 Å². The van der Waals surface area contributed by atoms with E-state index in [2.05, 4.69) is 0 Å². The molecule has 1 aliphatic rings. The Labute approximate surface area is 123 Å². The Morgan fingerprint density at radius 1 is 1.00 bits per heavy atom. The van der Waals surface area contributed by atoms with Crippen LogP contribution in [0.4, 0.5) is 9.59 Å². The Kier molecular flexibility index (Phi) is 6.01. The van der Waals surface area contributed by atoms with Gasteiger partial charge in [-0.25, -0.2) is 19.4 Å². The predicted molar refractivity (Wildman–Crippen MR) is 71.9 cm³/mol. The first-order valence-corrected chi connectivity index (χ1v) is 6.78. The van der Waals surface area contributed by atoms with E-state index in [-0.39, 0.29) is 19.8 Å². The van der Waals surface area contributed by atoms with Crippen molar-refractivity contribution in [3.05, 3.63) is 11.8 Å². The van der Waals surface area contributed by atoms with Crippen LogP contribution in [0.15, 0.2) is 11.8 Å². The molecule has 0 spiro atoms. The normalized spacial score (nSPS) is 19.0. The smallest absolute Gasteiger partial charge is 0.433 e.